The van der Waals surface area contributed by atoms with Gasteiger partial charge in [-0.05, 0) is 38.8 Å². The van der Waals surface area contributed by atoms with Crippen molar-refractivity contribution in [2.75, 3.05) is 25.7 Å². The van der Waals surface area contributed by atoms with E-state index in [1.54, 1.807) is 28.1 Å². The number of rotatable bonds is 7. The van der Waals surface area contributed by atoms with Crippen LogP contribution in [0.1, 0.15) is 38.5 Å². The first-order chi connectivity index (χ1) is 12.3. The van der Waals surface area contributed by atoms with Crippen LogP contribution < -0.4 is 21.5 Å². The van der Waals surface area contributed by atoms with E-state index in [1.807, 2.05) is 29.2 Å². The van der Waals surface area contributed by atoms with Crippen molar-refractivity contribution in [3.8, 4) is 0 Å². The van der Waals surface area contributed by atoms with Crippen LogP contribution >= 0.6 is 0 Å². The molecule has 0 unspecified atom stereocenters. The maximum atomic E-state index is 12.7. The lowest BCUT2D eigenvalue weighted by Gasteiger charge is -2.30. The van der Waals surface area contributed by atoms with Crippen LogP contribution in [0.15, 0.2) is 24.3 Å². The molecule has 1 saturated heterocycles. The first-order valence-corrected chi connectivity index (χ1v) is 8.59. The van der Waals surface area contributed by atoms with Gasteiger partial charge in [0.2, 0.25) is 5.91 Å². The van der Waals surface area contributed by atoms with E-state index in [2.05, 4.69) is 10.7 Å². The molecule has 144 valence electrons. The Hall–Kier alpha value is -2.16. The van der Waals surface area contributed by atoms with Crippen molar-refractivity contribution in [2.45, 2.75) is 44.6 Å². The molecule has 1 fully saturated rings. The zero-order chi connectivity index (χ0) is 19.3. The van der Waals surface area contributed by atoms with Crippen LogP contribution in [0.3, 0.4) is 0 Å². The van der Waals surface area contributed by atoms with Gasteiger partial charge in [-0.3, -0.25) is 15.0 Å². The van der Waals surface area contributed by atoms with Crippen molar-refractivity contribution >= 4 is 17.5 Å². The summed E-state index contributed by atoms with van der Waals surface area (Å²) in [5, 5.41) is 2.78. The quantitative estimate of drug-likeness (QED) is 0.286. The van der Waals surface area contributed by atoms with E-state index in [0.717, 1.165) is 30.6 Å². The maximum absolute atomic E-state index is 12.7. The second kappa shape index (κ2) is 8.48. The van der Waals surface area contributed by atoms with Gasteiger partial charge in [-0.25, -0.2) is 5.84 Å². The van der Waals surface area contributed by atoms with E-state index in [-0.39, 0.29) is 11.9 Å². The molecule has 8 nitrogen and oxygen atoms in total. The summed E-state index contributed by atoms with van der Waals surface area (Å²) >= 11 is 0. The predicted octanol–water partition coefficient (Wildman–Crippen LogP) is 0.832. The number of hydrogen-bond acceptors (Lipinski definition) is 6. The third-order valence-corrected chi connectivity index (χ3v) is 4.61. The molecule has 0 saturated carbocycles. The summed E-state index contributed by atoms with van der Waals surface area (Å²) in [6, 6.07) is 7.41. The van der Waals surface area contributed by atoms with Gasteiger partial charge in [0.05, 0.1) is 0 Å². The number of hydrogen-bond donors (Lipinski definition) is 3. The van der Waals surface area contributed by atoms with Crippen molar-refractivity contribution in [1.29, 1.82) is 0 Å². The largest absolute Gasteiger partial charge is 0.360 e. The molecule has 1 heterocycles. The molecule has 0 radical (unpaired) electrons. The van der Waals surface area contributed by atoms with Crippen LogP contribution in [-0.2, 0) is 19.1 Å². The van der Waals surface area contributed by atoms with Gasteiger partial charge in [-0.1, -0.05) is 12.1 Å². The zero-order valence-electron chi connectivity index (χ0n) is 15.7. The predicted molar refractivity (Wildman–Crippen MR) is 98.1 cm³/mol. The number of carbonyl (C=O) groups excluding carboxylic acids is 2. The average Bonchev–Trinajstić information content (AvgIpc) is 3.12. The van der Waals surface area contributed by atoms with Gasteiger partial charge in [-0.15, -0.1) is 0 Å². The number of ether oxygens (including phenoxy) is 2. The Morgan fingerprint density at radius 3 is 2.38 bits per heavy atom. The highest BCUT2D eigenvalue weighted by atomic mass is 16.7. The minimum absolute atomic E-state index is 0.188. The minimum atomic E-state index is -1.08. The Labute approximate surface area is 154 Å². The number of methoxy groups -OCH3 is 2. The monoisotopic (exact) mass is 364 g/mol. The molecule has 1 aromatic carbocycles. The molecule has 0 bridgehead atoms. The molecule has 0 aliphatic carbocycles. The number of benzene rings is 1. The van der Waals surface area contributed by atoms with Crippen LogP contribution in [0.25, 0.3) is 0 Å². The Kier molecular flexibility index (Phi) is 6.57. The Balaban J connectivity index is 2.12. The first kappa shape index (κ1) is 20.2. The number of amides is 2. The first-order valence-electron chi connectivity index (χ1n) is 8.59. The standard InChI is InChI=1S/C18H28N4O4/c1-18(2,17(24)21-19)20-15(23)14-6-5-11-22(14)13-9-7-12(8-10-13)16(25-3)26-4/h7-10,14,16H,5-6,11,19H2,1-4H3,(H,20,23)(H,21,24)/t14-/m1/s1. The molecule has 4 N–H and O–H groups in total. The summed E-state index contributed by atoms with van der Waals surface area (Å²) in [5.41, 5.74) is 2.85. The van der Waals surface area contributed by atoms with Crippen LogP contribution in [0.4, 0.5) is 5.69 Å². The summed E-state index contributed by atoms with van der Waals surface area (Å²) < 4.78 is 10.5. The molecular formula is C18H28N4O4. The van der Waals surface area contributed by atoms with E-state index >= 15 is 0 Å². The van der Waals surface area contributed by atoms with E-state index in [1.165, 1.54) is 0 Å². The highest BCUT2D eigenvalue weighted by molar-refractivity contribution is 5.93. The van der Waals surface area contributed by atoms with Gasteiger partial charge >= 0.3 is 0 Å². The van der Waals surface area contributed by atoms with Crippen molar-refractivity contribution in [3.63, 3.8) is 0 Å². The number of anilines is 1. The van der Waals surface area contributed by atoms with Gasteiger partial charge in [0.25, 0.3) is 5.91 Å². The fourth-order valence-electron chi connectivity index (χ4n) is 3.17. The number of carbonyl (C=O) groups is 2. The molecule has 0 aromatic heterocycles. The summed E-state index contributed by atoms with van der Waals surface area (Å²) in [4.78, 5) is 26.6. The third-order valence-electron chi connectivity index (χ3n) is 4.61. The van der Waals surface area contributed by atoms with Crippen molar-refractivity contribution in [1.82, 2.24) is 10.7 Å². The summed E-state index contributed by atoms with van der Waals surface area (Å²) in [7, 11) is 3.17. The zero-order valence-corrected chi connectivity index (χ0v) is 15.7. The molecule has 0 spiro atoms. The molecular weight excluding hydrogens is 336 g/mol. The van der Waals surface area contributed by atoms with Gasteiger partial charge < -0.3 is 19.7 Å². The van der Waals surface area contributed by atoms with Gasteiger partial charge in [0.1, 0.15) is 11.6 Å². The van der Waals surface area contributed by atoms with Gasteiger partial charge in [0.15, 0.2) is 6.29 Å². The molecule has 1 atom stereocenters. The highest BCUT2D eigenvalue weighted by Crippen LogP contribution is 2.28. The second-order valence-corrected chi connectivity index (χ2v) is 6.83. The molecule has 1 aliphatic rings. The van der Waals surface area contributed by atoms with E-state index in [4.69, 9.17) is 15.3 Å². The average molecular weight is 364 g/mol. The highest BCUT2D eigenvalue weighted by Gasteiger charge is 2.36. The molecule has 2 amide bonds. The Morgan fingerprint density at radius 2 is 1.85 bits per heavy atom. The lowest BCUT2D eigenvalue weighted by atomic mass is 10.0. The van der Waals surface area contributed by atoms with E-state index in [9.17, 15) is 9.59 Å². The number of nitrogens with two attached hydrogens (primary N) is 1. The lowest BCUT2D eigenvalue weighted by Crippen LogP contribution is -2.59. The molecule has 2 rings (SSSR count). The Bertz CT molecular complexity index is 629. The number of nitrogens with one attached hydrogen (secondary N) is 2. The maximum Gasteiger partial charge on any atom is 0.259 e. The molecule has 8 heteroatoms. The van der Waals surface area contributed by atoms with Gasteiger partial charge in [-0.2, -0.15) is 0 Å². The fraction of sp³-hybridized carbons (Fsp3) is 0.556. The smallest absolute Gasteiger partial charge is 0.259 e. The number of hydrazine groups is 1. The normalized spacial score (nSPS) is 17.5. The molecule has 1 aromatic rings. The number of nitrogens with zero attached hydrogens (tertiary/aromatic N) is 1. The molecule has 1 aliphatic heterocycles. The van der Waals surface area contributed by atoms with Crippen LogP contribution in [0.5, 0.6) is 0 Å². The Morgan fingerprint density at radius 1 is 1.23 bits per heavy atom. The SMILES string of the molecule is COC(OC)c1ccc(N2CCC[C@@H]2C(=O)NC(C)(C)C(=O)NN)cc1. The van der Waals surface area contributed by atoms with Crippen molar-refractivity contribution < 1.29 is 19.1 Å². The second-order valence-electron chi connectivity index (χ2n) is 6.83. The third kappa shape index (κ3) is 4.32. The van der Waals surface area contributed by atoms with E-state index in [0.29, 0.717) is 0 Å². The summed E-state index contributed by atoms with van der Waals surface area (Å²) in [5.74, 6) is 4.56. The van der Waals surface area contributed by atoms with Crippen LogP contribution in [0.2, 0.25) is 0 Å². The van der Waals surface area contributed by atoms with Crippen LogP contribution in [-0.4, -0.2) is 44.2 Å². The summed E-state index contributed by atoms with van der Waals surface area (Å²) in [6.45, 7) is 4.02. The van der Waals surface area contributed by atoms with Crippen molar-refractivity contribution in [3.05, 3.63) is 29.8 Å². The van der Waals surface area contributed by atoms with E-state index < -0.39 is 17.7 Å². The van der Waals surface area contributed by atoms with Crippen molar-refractivity contribution in [2.24, 2.45) is 5.84 Å². The molecule has 26 heavy (non-hydrogen) atoms. The fourth-order valence-corrected chi connectivity index (χ4v) is 3.17. The topological polar surface area (TPSA) is 106 Å². The van der Waals surface area contributed by atoms with Crippen LogP contribution in [0, 0.1) is 0 Å². The van der Waals surface area contributed by atoms with Gasteiger partial charge in [0, 0.05) is 32.0 Å². The summed E-state index contributed by atoms with van der Waals surface area (Å²) in [6.07, 6.45) is 1.21. The lowest BCUT2D eigenvalue weighted by molar-refractivity contribution is -0.132. The minimum Gasteiger partial charge on any atom is -0.360 e.